The predicted molar refractivity (Wildman–Crippen MR) is 89.2 cm³/mol. The Hall–Kier alpha value is -3.22. The molecule has 7 heteroatoms. The molecule has 1 aromatic carbocycles. The van der Waals surface area contributed by atoms with Crippen molar-refractivity contribution in [3.05, 3.63) is 59.9 Å². The van der Waals surface area contributed by atoms with Crippen LogP contribution in [-0.4, -0.2) is 27.4 Å². The summed E-state index contributed by atoms with van der Waals surface area (Å²) < 4.78 is 5.70. The summed E-state index contributed by atoms with van der Waals surface area (Å²) >= 11 is 0. The summed E-state index contributed by atoms with van der Waals surface area (Å²) in [5.74, 6) is 1.07. The summed E-state index contributed by atoms with van der Waals surface area (Å²) in [5.41, 5.74) is 7.49. The lowest BCUT2D eigenvalue weighted by molar-refractivity contribution is 0.0949. The Morgan fingerprint density at radius 3 is 2.71 bits per heavy atom. The van der Waals surface area contributed by atoms with Gasteiger partial charge in [0.05, 0.1) is 5.69 Å². The van der Waals surface area contributed by atoms with Gasteiger partial charge in [0.1, 0.15) is 5.76 Å². The molecule has 0 aliphatic carbocycles. The summed E-state index contributed by atoms with van der Waals surface area (Å²) in [7, 11) is 0. The first-order valence-electron chi connectivity index (χ1n) is 7.51. The van der Waals surface area contributed by atoms with Gasteiger partial charge in [-0.05, 0) is 19.1 Å². The van der Waals surface area contributed by atoms with Crippen LogP contribution in [0.3, 0.4) is 0 Å². The number of hydrogen-bond donors (Lipinski definition) is 2. The fourth-order valence-electron chi connectivity index (χ4n) is 2.27. The van der Waals surface area contributed by atoms with Gasteiger partial charge in [-0.1, -0.05) is 18.2 Å². The van der Waals surface area contributed by atoms with Crippen molar-refractivity contribution < 1.29 is 9.21 Å². The quantitative estimate of drug-likeness (QED) is 0.743. The van der Waals surface area contributed by atoms with Gasteiger partial charge in [-0.25, -0.2) is 15.0 Å². The van der Waals surface area contributed by atoms with Gasteiger partial charge in [-0.15, -0.1) is 0 Å². The van der Waals surface area contributed by atoms with Crippen LogP contribution in [0, 0.1) is 6.92 Å². The topological polar surface area (TPSA) is 107 Å². The Kier molecular flexibility index (Phi) is 4.51. The molecule has 24 heavy (non-hydrogen) atoms. The number of nitrogens with zero attached hydrogens (tertiary/aromatic N) is 3. The highest BCUT2D eigenvalue weighted by Crippen LogP contribution is 2.21. The molecule has 0 atom stereocenters. The molecule has 0 unspecified atom stereocenters. The van der Waals surface area contributed by atoms with E-state index in [-0.39, 0.29) is 17.4 Å². The molecule has 0 spiro atoms. The first-order chi connectivity index (χ1) is 11.6. The number of anilines is 1. The van der Waals surface area contributed by atoms with Crippen molar-refractivity contribution in [2.75, 3.05) is 12.3 Å². The van der Waals surface area contributed by atoms with Crippen molar-refractivity contribution in [3.63, 3.8) is 0 Å². The first-order valence-corrected chi connectivity index (χ1v) is 7.51. The number of aromatic nitrogens is 3. The van der Waals surface area contributed by atoms with Crippen LogP contribution >= 0.6 is 0 Å². The molecule has 0 saturated heterocycles. The largest absolute Gasteiger partial charge is 0.441 e. The zero-order chi connectivity index (χ0) is 16.9. The Morgan fingerprint density at radius 2 is 1.96 bits per heavy atom. The molecule has 2 aromatic heterocycles. The highest BCUT2D eigenvalue weighted by molar-refractivity contribution is 5.96. The number of oxazole rings is 1. The number of nitrogens with two attached hydrogens (primary N) is 1. The molecule has 0 aliphatic heterocycles. The van der Waals surface area contributed by atoms with Gasteiger partial charge in [-0.2, -0.15) is 0 Å². The number of aryl methyl sites for hydroxylation is 1. The number of carbonyl (C=O) groups excluding carboxylic acids is 1. The van der Waals surface area contributed by atoms with Gasteiger partial charge < -0.3 is 15.5 Å². The van der Waals surface area contributed by atoms with E-state index in [4.69, 9.17) is 10.2 Å². The molecule has 3 N–H and O–H groups in total. The van der Waals surface area contributed by atoms with E-state index in [9.17, 15) is 4.79 Å². The first kappa shape index (κ1) is 15.7. The molecule has 122 valence electrons. The van der Waals surface area contributed by atoms with Crippen LogP contribution in [0.4, 0.5) is 5.82 Å². The molecule has 0 radical (unpaired) electrons. The van der Waals surface area contributed by atoms with Crippen LogP contribution in [0.1, 0.15) is 21.9 Å². The maximum Gasteiger partial charge on any atom is 0.273 e. The third-order valence-corrected chi connectivity index (χ3v) is 3.50. The zero-order valence-electron chi connectivity index (χ0n) is 13.2. The minimum atomic E-state index is -0.356. The lowest BCUT2D eigenvalue weighted by atomic mass is 10.2. The molecule has 0 saturated carbocycles. The van der Waals surface area contributed by atoms with Crippen molar-refractivity contribution in [1.29, 1.82) is 0 Å². The Labute approximate surface area is 139 Å². The number of hydrogen-bond acceptors (Lipinski definition) is 6. The van der Waals surface area contributed by atoms with E-state index in [1.165, 1.54) is 12.4 Å². The normalized spacial score (nSPS) is 10.5. The standard InChI is InChI=1S/C17H17N5O2/c1-11-13(22-17(24-11)12-5-3-2-4-6-12)7-8-21-16(23)14-15(18)20-10-9-19-14/h2-6,9-10H,7-8H2,1H3,(H2,18,20)(H,21,23). The highest BCUT2D eigenvalue weighted by atomic mass is 16.4. The second-order valence-corrected chi connectivity index (χ2v) is 5.18. The average molecular weight is 323 g/mol. The maximum absolute atomic E-state index is 12.0. The minimum absolute atomic E-state index is 0.110. The molecular formula is C17H17N5O2. The third-order valence-electron chi connectivity index (χ3n) is 3.50. The molecule has 0 fully saturated rings. The maximum atomic E-state index is 12.0. The van der Waals surface area contributed by atoms with Crippen LogP contribution in [-0.2, 0) is 6.42 Å². The molecule has 3 aromatic rings. The number of benzene rings is 1. The lowest BCUT2D eigenvalue weighted by Crippen LogP contribution is -2.27. The van der Waals surface area contributed by atoms with Gasteiger partial charge in [-0.3, -0.25) is 4.79 Å². The number of carbonyl (C=O) groups is 1. The summed E-state index contributed by atoms with van der Waals surface area (Å²) in [6.45, 7) is 2.26. The fraction of sp³-hybridized carbons (Fsp3) is 0.176. The number of nitrogens with one attached hydrogen (secondary N) is 1. The van der Waals surface area contributed by atoms with Crippen molar-refractivity contribution in [2.45, 2.75) is 13.3 Å². The predicted octanol–water partition coefficient (Wildman–Crippen LogP) is 1.99. The number of amides is 1. The van der Waals surface area contributed by atoms with Crippen molar-refractivity contribution >= 4 is 11.7 Å². The fourth-order valence-corrected chi connectivity index (χ4v) is 2.27. The van der Waals surface area contributed by atoms with Crippen LogP contribution in [0.15, 0.2) is 47.1 Å². The SMILES string of the molecule is Cc1oc(-c2ccccc2)nc1CCNC(=O)c1nccnc1N. The molecular weight excluding hydrogens is 306 g/mol. The van der Waals surface area contributed by atoms with Gasteiger partial charge in [0, 0.05) is 30.9 Å². The van der Waals surface area contributed by atoms with E-state index >= 15 is 0 Å². The van der Waals surface area contributed by atoms with Crippen LogP contribution < -0.4 is 11.1 Å². The number of nitrogen functional groups attached to an aromatic ring is 1. The van der Waals surface area contributed by atoms with E-state index in [1.807, 2.05) is 37.3 Å². The van der Waals surface area contributed by atoms with Crippen LogP contribution in [0.2, 0.25) is 0 Å². The average Bonchev–Trinajstić information content (AvgIpc) is 2.97. The third kappa shape index (κ3) is 3.40. The van der Waals surface area contributed by atoms with Gasteiger partial charge in [0.15, 0.2) is 11.5 Å². The van der Waals surface area contributed by atoms with E-state index < -0.39 is 0 Å². The summed E-state index contributed by atoms with van der Waals surface area (Å²) in [6.07, 6.45) is 3.42. The smallest absolute Gasteiger partial charge is 0.273 e. The van der Waals surface area contributed by atoms with Crippen LogP contribution in [0.5, 0.6) is 0 Å². The molecule has 2 heterocycles. The molecule has 0 bridgehead atoms. The highest BCUT2D eigenvalue weighted by Gasteiger charge is 2.14. The second-order valence-electron chi connectivity index (χ2n) is 5.18. The van der Waals surface area contributed by atoms with Crippen LogP contribution in [0.25, 0.3) is 11.5 Å². The van der Waals surface area contributed by atoms with E-state index in [0.29, 0.717) is 18.9 Å². The van der Waals surface area contributed by atoms with E-state index in [2.05, 4.69) is 20.3 Å². The second kappa shape index (κ2) is 6.91. The van der Waals surface area contributed by atoms with E-state index in [0.717, 1.165) is 17.0 Å². The summed E-state index contributed by atoms with van der Waals surface area (Å²) in [5, 5.41) is 2.76. The summed E-state index contributed by atoms with van der Waals surface area (Å²) in [6, 6.07) is 9.68. The molecule has 0 aliphatic rings. The minimum Gasteiger partial charge on any atom is -0.441 e. The van der Waals surface area contributed by atoms with E-state index in [1.54, 1.807) is 0 Å². The van der Waals surface area contributed by atoms with Crippen molar-refractivity contribution in [3.8, 4) is 11.5 Å². The lowest BCUT2D eigenvalue weighted by Gasteiger charge is -2.04. The summed E-state index contributed by atoms with van der Waals surface area (Å²) in [4.78, 5) is 24.3. The van der Waals surface area contributed by atoms with Gasteiger partial charge >= 0.3 is 0 Å². The Morgan fingerprint density at radius 1 is 1.21 bits per heavy atom. The molecule has 7 nitrogen and oxygen atoms in total. The Balaban J connectivity index is 1.62. The monoisotopic (exact) mass is 323 g/mol. The van der Waals surface area contributed by atoms with Gasteiger partial charge in [0.2, 0.25) is 5.89 Å². The Bertz CT molecular complexity index is 845. The van der Waals surface area contributed by atoms with Gasteiger partial charge in [0.25, 0.3) is 5.91 Å². The van der Waals surface area contributed by atoms with Crippen molar-refractivity contribution in [1.82, 2.24) is 20.3 Å². The zero-order valence-corrected chi connectivity index (χ0v) is 13.2. The number of rotatable bonds is 5. The molecule has 1 amide bonds. The molecule has 3 rings (SSSR count). The van der Waals surface area contributed by atoms with Crippen molar-refractivity contribution in [2.24, 2.45) is 0 Å².